The van der Waals surface area contributed by atoms with E-state index in [1.165, 1.54) is 18.3 Å². The predicted octanol–water partition coefficient (Wildman–Crippen LogP) is 1.45. The van der Waals surface area contributed by atoms with Gasteiger partial charge in [-0.15, -0.1) is 5.10 Å². The summed E-state index contributed by atoms with van der Waals surface area (Å²) in [5.74, 6) is -1.75. The number of carbonyl (C=O) groups is 1. The smallest absolute Gasteiger partial charge is 0.349 e. The third kappa shape index (κ3) is 5.70. The molecule has 0 aliphatic rings. The molecule has 0 heterocycles. The molecule has 0 radical (unpaired) electrons. The second kappa shape index (κ2) is 9.08. The van der Waals surface area contributed by atoms with Gasteiger partial charge in [-0.1, -0.05) is 0 Å². The number of nitrogens with two attached hydrogens (primary N) is 1. The number of aliphatic hydroxyl groups is 1. The Morgan fingerprint density at radius 1 is 1.22 bits per heavy atom. The predicted molar refractivity (Wildman–Crippen MR) is 85.2 cm³/mol. The van der Waals surface area contributed by atoms with E-state index in [4.69, 9.17) is 15.2 Å². The minimum atomic E-state index is -0.862. The largest absolute Gasteiger partial charge is 0.508 e. The highest BCUT2D eigenvalue weighted by Gasteiger charge is 2.22. The number of rotatable bonds is 7. The highest BCUT2D eigenvalue weighted by atomic mass is 16.6. The van der Waals surface area contributed by atoms with Crippen LogP contribution >= 0.6 is 0 Å². The molecule has 0 bridgehead atoms. The molecule has 1 aromatic carbocycles. The molecule has 0 atom stereocenters. The number of phenolic OH excluding ortho intramolecular Hbond substituents is 1. The van der Waals surface area contributed by atoms with Crippen molar-refractivity contribution in [2.45, 2.75) is 13.8 Å². The van der Waals surface area contributed by atoms with Crippen molar-refractivity contribution in [2.24, 2.45) is 15.9 Å². The molecule has 4 N–H and O–H groups in total. The van der Waals surface area contributed by atoms with Crippen molar-refractivity contribution in [3.63, 3.8) is 0 Å². The van der Waals surface area contributed by atoms with Crippen LogP contribution in [0.2, 0.25) is 0 Å². The molecule has 23 heavy (non-hydrogen) atoms. The van der Waals surface area contributed by atoms with Gasteiger partial charge in [0, 0.05) is 0 Å². The summed E-state index contributed by atoms with van der Waals surface area (Å²) in [6.45, 7) is 3.49. The van der Waals surface area contributed by atoms with Crippen molar-refractivity contribution in [2.75, 3.05) is 13.2 Å². The van der Waals surface area contributed by atoms with Gasteiger partial charge in [-0.3, -0.25) is 0 Å². The zero-order chi connectivity index (χ0) is 17.2. The van der Waals surface area contributed by atoms with Crippen molar-refractivity contribution in [3.8, 4) is 5.75 Å². The molecule has 8 nitrogen and oxygen atoms in total. The summed E-state index contributed by atoms with van der Waals surface area (Å²) in [5, 5.41) is 26.3. The number of hydrogen-bond donors (Lipinski definition) is 3. The Kier molecular flexibility index (Phi) is 7.12. The lowest BCUT2D eigenvalue weighted by Gasteiger charge is -2.08. The molecule has 1 rings (SSSR count). The zero-order valence-electron chi connectivity index (χ0n) is 12.9. The first-order valence-electron chi connectivity index (χ1n) is 6.88. The van der Waals surface area contributed by atoms with Gasteiger partial charge in [0.05, 0.1) is 19.4 Å². The van der Waals surface area contributed by atoms with Gasteiger partial charge in [-0.05, 0) is 43.7 Å². The van der Waals surface area contributed by atoms with Gasteiger partial charge in [0.2, 0.25) is 0 Å². The summed E-state index contributed by atoms with van der Waals surface area (Å²) >= 11 is 0. The Morgan fingerprint density at radius 2 is 1.83 bits per heavy atom. The maximum atomic E-state index is 11.8. The molecule has 1 aromatic rings. The van der Waals surface area contributed by atoms with Gasteiger partial charge in [-0.2, -0.15) is 5.10 Å². The van der Waals surface area contributed by atoms with Crippen LogP contribution in [0.25, 0.3) is 0 Å². The number of phenols is 1. The first kappa shape index (κ1) is 18.0. The molecule has 0 unspecified atom stereocenters. The average molecular weight is 321 g/mol. The lowest BCUT2D eigenvalue weighted by atomic mass is 10.2. The van der Waals surface area contributed by atoms with Crippen LogP contribution in [0.3, 0.4) is 0 Å². The number of ether oxygens (including phenoxy) is 2. The summed E-state index contributed by atoms with van der Waals surface area (Å²) in [5.41, 5.74) is 5.94. The highest BCUT2D eigenvalue weighted by Crippen LogP contribution is 2.09. The van der Waals surface area contributed by atoms with Gasteiger partial charge in [0.15, 0.2) is 11.4 Å². The maximum Gasteiger partial charge on any atom is 0.349 e. The number of nitrogens with zero attached hydrogens (tertiary/aromatic N) is 2. The van der Waals surface area contributed by atoms with Gasteiger partial charge < -0.3 is 25.4 Å². The third-order valence-corrected chi connectivity index (χ3v) is 2.50. The molecule has 0 aliphatic heterocycles. The van der Waals surface area contributed by atoms with Gasteiger partial charge in [-0.25, -0.2) is 4.79 Å². The Balaban J connectivity index is 2.99. The van der Waals surface area contributed by atoms with E-state index in [0.717, 1.165) is 0 Å². The van der Waals surface area contributed by atoms with E-state index in [0.29, 0.717) is 5.56 Å². The van der Waals surface area contributed by atoms with E-state index in [2.05, 4.69) is 10.2 Å². The van der Waals surface area contributed by atoms with E-state index in [1.807, 2.05) is 0 Å². The topological polar surface area (TPSA) is 127 Å². The molecule has 0 fully saturated rings. The minimum Gasteiger partial charge on any atom is -0.508 e. The lowest BCUT2D eigenvalue weighted by molar-refractivity contribution is -0.138. The minimum absolute atomic E-state index is 0.103. The summed E-state index contributed by atoms with van der Waals surface area (Å²) in [7, 11) is 0. The Hall–Kier alpha value is -3.03. The molecule has 8 heteroatoms. The molecule has 124 valence electrons. The molecule has 0 aromatic heterocycles. The van der Waals surface area contributed by atoms with E-state index in [9.17, 15) is 15.0 Å². The molecule has 0 saturated carbocycles. The first-order chi connectivity index (χ1) is 11.0. The number of carbonyl (C=O) groups excluding carboxylic acids is 1. The molecular weight excluding hydrogens is 302 g/mol. The normalized spacial score (nSPS) is 12.9. The van der Waals surface area contributed by atoms with Crippen molar-refractivity contribution in [1.29, 1.82) is 0 Å². The van der Waals surface area contributed by atoms with Crippen LogP contribution in [0.4, 0.5) is 0 Å². The standard InChI is InChI=1S/C15H19N3O5/c1-3-22-14(20)12(15(21)23-4-2)13(16)18-17-9-10-5-7-11(19)8-6-10/h5-9,19-20H,3-4H2,1-2H3,(H2,16,18). The molecule has 0 saturated heterocycles. The van der Waals surface area contributed by atoms with Crippen LogP contribution in [-0.2, 0) is 14.3 Å². The van der Waals surface area contributed by atoms with Crippen LogP contribution in [-0.4, -0.2) is 41.4 Å². The number of aliphatic hydroxyl groups excluding tert-OH is 1. The monoisotopic (exact) mass is 321 g/mol. The Labute approximate surface area is 133 Å². The van der Waals surface area contributed by atoms with Crippen molar-refractivity contribution in [1.82, 2.24) is 0 Å². The number of benzene rings is 1. The molecule has 0 amide bonds. The second-order valence-electron chi connectivity index (χ2n) is 4.15. The summed E-state index contributed by atoms with van der Waals surface area (Å²) in [6.07, 6.45) is 1.37. The van der Waals surface area contributed by atoms with Crippen LogP contribution in [0.1, 0.15) is 19.4 Å². The van der Waals surface area contributed by atoms with Crippen LogP contribution in [0.15, 0.2) is 46.0 Å². The number of hydrogen-bond acceptors (Lipinski definition) is 7. The number of aromatic hydroxyl groups is 1. The Bertz CT molecular complexity index is 621. The van der Waals surface area contributed by atoms with Crippen molar-refractivity contribution >= 4 is 18.0 Å². The van der Waals surface area contributed by atoms with Crippen molar-refractivity contribution < 1.29 is 24.5 Å². The fraction of sp³-hybridized carbons (Fsp3) is 0.267. The average Bonchev–Trinajstić information content (AvgIpc) is 2.50. The number of esters is 1. The summed E-state index contributed by atoms with van der Waals surface area (Å²) in [6, 6.07) is 6.20. The zero-order valence-corrected chi connectivity index (χ0v) is 12.9. The van der Waals surface area contributed by atoms with Crippen molar-refractivity contribution in [3.05, 3.63) is 41.3 Å². The van der Waals surface area contributed by atoms with E-state index < -0.39 is 17.5 Å². The van der Waals surface area contributed by atoms with E-state index in [1.54, 1.807) is 26.0 Å². The van der Waals surface area contributed by atoms with Crippen LogP contribution in [0, 0.1) is 0 Å². The SMILES string of the molecule is CCOC(=O)C(C(N)=NN=Cc1ccc(O)cc1)=C(O)OCC. The van der Waals surface area contributed by atoms with Crippen LogP contribution in [0.5, 0.6) is 5.75 Å². The Morgan fingerprint density at radius 3 is 2.39 bits per heavy atom. The maximum absolute atomic E-state index is 11.8. The van der Waals surface area contributed by atoms with Crippen LogP contribution < -0.4 is 5.73 Å². The van der Waals surface area contributed by atoms with E-state index >= 15 is 0 Å². The summed E-state index contributed by atoms with van der Waals surface area (Å²) in [4.78, 5) is 11.8. The molecule has 0 spiro atoms. The second-order valence-corrected chi connectivity index (χ2v) is 4.15. The molecular formula is C15H19N3O5. The van der Waals surface area contributed by atoms with Gasteiger partial charge in [0.25, 0.3) is 5.95 Å². The van der Waals surface area contributed by atoms with Gasteiger partial charge >= 0.3 is 5.97 Å². The third-order valence-electron chi connectivity index (χ3n) is 2.50. The fourth-order valence-electron chi connectivity index (χ4n) is 1.48. The number of amidine groups is 1. The highest BCUT2D eigenvalue weighted by molar-refractivity contribution is 6.18. The quantitative estimate of drug-likeness (QED) is 0.174. The van der Waals surface area contributed by atoms with Gasteiger partial charge in [0.1, 0.15) is 5.75 Å². The molecule has 0 aliphatic carbocycles. The first-order valence-corrected chi connectivity index (χ1v) is 6.88. The lowest BCUT2D eigenvalue weighted by Crippen LogP contribution is -2.25. The summed E-state index contributed by atoms with van der Waals surface area (Å²) < 4.78 is 9.66. The van der Waals surface area contributed by atoms with E-state index in [-0.39, 0.29) is 24.8 Å². The fourth-order valence-corrected chi connectivity index (χ4v) is 1.48.